The number of hydrogen-bond donors (Lipinski definition) is 2. The molecule has 0 amide bonds. The molecule has 13 heavy (non-hydrogen) atoms. The summed E-state index contributed by atoms with van der Waals surface area (Å²) >= 11 is 0. The first-order valence-corrected chi connectivity index (χ1v) is 5.48. The van der Waals surface area contributed by atoms with Gasteiger partial charge in [-0.1, -0.05) is 0 Å². The van der Waals surface area contributed by atoms with Gasteiger partial charge in [0.15, 0.2) is 0 Å². The van der Waals surface area contributed by atoms with Crippen LogP contribution in [0.3, 0.4) is 0 Å². The number of aliphatic hydroxyl groups is 1. The van der Waals surface area contributed by atoms with E-state index in [-0.39, 0.29) is 6.61 Å². The number of rotatable bonds is 0. The van der Waals surface area contributed by atoms with Gasteiger partial charge in [-0.25, -0.2) is 4.57 Å². The molecular formula is C6H11O6P. The Morgan fingerprint density at radius 3 is 2.92 bits per heavy atom. The molecule has 5 atom stereocenters. The minimum absolute atomic E-state index is 0.0140. The highest BCUT2D eigenvalue weighted by atomic mass is 31.2. The second kappa shape index (κ2) is 3.02. The molecule has 76 valence electrons. The molecule has 0 radical (unpaired) electrons. The second-order valence-electron chi connectivity index (χ2n) is 3.20. The maximum atomic E-state index is 11.0. The second-order valence-corrected chi connectivity index (χ2v) is 4.61. The third kappa shape index (κ3) is 1.66. The van der Waals surface area contributed by atoms with Gasteiger partial charge < -0.3 is 14.7 Å². The van der Waals surface area contributed by atoms with Crippen molar-refractivity contribution in [2.75, 3.05) is 6.61 Å². The zero-order chi connectivity index (χ0) is 9.64. The van der Waals surface area contributed by atoms with E-state index in [1.54, 1.807) is 6.92 Å². The summed E-state index contributed by atoms with van der Waals surface area (Å²) in [6.45, 7) is 1.66. The Morgan fingerprint density at radius 1 is 1.54 bits per heavy atom. The molecule has 0 spiro atoms. The molecular weight excluding hydrogens is 199 g/mol. The lowest BCUT2D eigenvalue weighted by molar-refractivity contribution is -0.0525. The van der Waals surface area contributed by atoms with Crippen LogP contribution in [0.15, 0.2) is 0 Å². The molecule has 2 heterocycles. The van der Waals surface area contributed by atoms with E-state index in [9.17, 15) is 9.67 Å². The lowest BCUT2D eigenvalue weighted by atomic mass is 10.1. The molecule has 3 unspecified atom stereocenters. The maximum Gasteiger partial charge on any atom is 0.472 e. The fourth-order valence-corrected chi connectivity index (χ4v) is 2.50. The van der Waals surface area contributed by atoms with Crippen molar-refractivity contribution < 1.29 is 28.3 Å². The molecule has 2 rings (SSSR count). The number of phosphoric acid groups is 1. The van der Waals surface area contributed by atoms with Crippen LogP contribution >= 0.6 is 7.82 Å². The zero-order valence-electron chi connectivity index (χ0n) is 6.99. The molecule has 6 nitrogen and oxygen atoms in total. The van der Waals surface area contributed by atoms with Gasteiger partial charge in [-0.05, 0) is 6.92 Å². The Morgan fingerprint density at radius 2 is 2.23 bits per heavy atom. The summed E-state index contributed by atoms with van der Waals surface area (Å²) in [5.74, 6) is 0. The molecule has 2 saturated heterocycles. The van der Waals surface area contributed by atoms with Crippen molar-refractivity contribution in [1.82, 2.24) is 0 Å². The quantitative estimate of drug-likeness (QED) is 0.531. The van der Waals surface area contributed by atoms with Gasteiger partial charge in [0, 0.05) is 0 Å². The fourth-order valence-electron chi connectivity index (χ4n) is 1.54. The standard InChI is InChI=1S/C6H11O6P/c1-3-5(7)6-4(11-3)2-10-13(8,9)12-6/h3-7H,2H2,1H3,(H,8,9)/t3-,4+,5?,6?/m0/s1. The van der Waals surface area contributed by atoms with E-state index in [2.05, 4.69) is 4.52 Å². The summed E-state index contributed by atoms with van der Waals surface area (Å²) in [4.78, 5) is 8.97. The van der Waals surface area contributed by atoms with Crippen LogP contribution in [0.2, 0.25) is 0 Å². The fraction of sp³-hybridized carbons (Fsp3) is 1.00. The van der Waals surface area contributed by atoms with Crippen molar-refractivity contribution in [2.24, 2.45) is 0 Å². The third-order valence-electron chi connectivity index (χ3n) is 2.23. The summed E-state index contributed by atoms with van der Waals surface area (Å²) in [5, 5.41) is 9.49. The Balaban J connectivity index is 2.14. The normalized spacial score (nSPS) is 56.2. The summed E-state index contributed by atoms with van der Waals surface area (Å²) < 4.78 is 25.4. The van der Waals surface area contributed by atoms with Crippen LogP contribution in [0.4, 0.5) is 0 Å². The molecule has 0 bridgehead atoms. The Kier molecular flexibility index (Phi) is 2.22. The molecule has 7 heteroatoms. The van der Waals surface area contributed by atoms with Crippen molar-refractivity contribution in [2.45, 2.75) is 31.3 Å². The number of phosphoric ester groups is 1. The summed E-state index contributed by atoms with van der Waals surface area (Å²) in [5.41, 5.74) is 0. The molecule has 2 fully saturated rings. The van der Waals surface area contributed by atoms with Crippen LogP contribution in [-0.4, -0.2) is 41.0 Å². The molecule has 0 aliphatic carbocycles. The molecule has 2 aliphatic heterocycles. The van der Waals surface area contributed by atoms with Crippen LogP contribution in [0.1, 0.15) is 6.92 Å². The molecule has 0 saturated carbocycles. The maximum absolute atomic E-state index is 11.0. The van der Waals surface area contributed by atoms with Gasteiger partial charge in [0.1, 0.15) is 18.3 Å². The lowest BCUT2D eigenvalue weighted by Gasteiger charge is -2.28. The van der Waals surface area contributed by atoms with E-state index >= 15 is 0 Å². The number of ether oxygens (including phenoxy) is 1. The molecule has 0 aromatic carbocycles. The van der Waals surface area contributed by atoms with Crippen molar-refractivity contribution in [3.63, 3.8) is 0 Å². The lowest BCUT2D eigenvalue weighted by Crippen LogP contribution is -2.39. The highest BCUT2D eigenvalue weighted by Crippen LogP contribution is 2.51. The minimum atomic E-state index is -3.96. The number of fused-ring (bicyclic) bond motifs is 1. The highest BCUT2D eigenvalue weighted by Gasteiger charge is 2.50. The van der Waals surface area contributed by atoms with Crippen LogP contribution in [0, 0.1) is 0 Å². The first-order chi connectivity index (χ1) is 5.99. The van der Waals surface area contributed by atoms with Gasteiger partial charge in [0.2, 0.25) is 0 Å². The molecule has 0 aromatic heterocycles. The van der Waals surface area contributed by atoms with E-state index in [0.29, 0.717) is 0 Å². The van der Waals surface area contributed by atoms with Gasteiger partial charge in [-0.3, -0.25) is 9.05 Å². The van der Waals surface area contributed by atoms with E-state index in [4.69, 9.17) is 14.2 Å². The average molecular weight is 210 g/mol. The SMILES string of the molecule is C[C@@H]1O[C@@H]2COP(=O)(O)OC2C1O. The smallest absolute Gasteiger partial charge is 0.388 e. The third-order valence-corrected chi connectivity index (χ3v) is 3.22. The molecule has 2 aliphatic rings. The Labute approximate surface area is 75.0 Å². The van der Waals surface area contributed by atoms with Gasteiger partial charge in [0.05, 0.1) is 12.7 Å². The number of hydrogen-bond acceptors (Lipinski definition) is 5. The van der Waals surface area contributed by atoms with E-state index in [1.807, 2.05) is 0 Å². The average Bonchev–Trinajstić information content (AvgIpc) is 2.29. The highest BCUT2D eigenvalue weighted by molar-refractivity contribution is 7.47. The van der Waals surface area contributed by atoms with E-state index < -0.39 is 32.2 Å². The summed E-state index contributed by atoms with van der Waals surface area (Å²) in [6.07, 6.45) is -2.45. The minimum Gasteiger partial charge on any atom is -0.388 e. The topological polar surface area (TPSA) is 85.2 Å². The predicted molar refractivity (Wildman–Crippen MR) is 41.0 cm³/mol. The van der Waals surface area contributed by atoms with Gasteiger partial charge in [-0.2, -0.15) is 0 Å². The van der Waals surface area contributed by atoms with Crippen LogP contribution in [-0.2, 0) is 18.3 Å². The predicted octanol–water partition coefficient (Wildman–Crippen LogP) is -0.350. The summed E-state index contributed by atoms with van der Waals surface area (Å²) in [6, 6.07) is 0. The van der Waals surface area contributed by atoms with Gasteiger partial charge in [0.25, 0.3) is 0 Å². The van der Waals surface area contributed by atoms with E-state index in [0.717, 1.165) is 0 Å². The van der Waals surface area contributed by atoms with Crippen molar-refractivity contribution in [3.8, 4) is 0 Å². The largest absolute Gasteiger partial charge is 0.472 e. The van der Waals surface area contributed by atoms with Gasteiger partial charge in [-0.15, -0.1) is 0 Å². The zero-order valence-corrected chi connectivity index (χ0v) is 7.89. The Bertz CT molecular complexity index is 256. The van der Waals surface area contributed by atoms with Gasteiger partial charge >= 0.3 is 7.82 Å². The van der Waals surface area contributed by atoms with Crippen LogP contribution < -0.4 is 0 Å². The van der Waals surface area contributed by atoms with Crippen molar-refractivity contribution in [1.29, 1.82) is 0 Å². The van der Waals surface area contributed by atoms with Crippen molar-refractivity contribution >= 4 is 7.82 Å². The first kappa shape index (κ1) is 9.58. The number of aliphatic hydroxyl groups excluding tert-OH is 1. The van der Waals surface area contributed by atoms with Crippen molar-refractivity contribution in [3.05, 3.63) is 0 Å². The van der Waals surface area contributed by atoms with E-state index in [1.165, 1.54) is 0 Å². The molecule has 0 aromatic rings. The summed E-state index contributed by atoms with van der Waals surface area (Å²) in [7, 11) is -3.96. The molecule has 2 N–H and O–H groups in total. The van der Waals surface area contributed by atoms with Crippen LogP contribution in [0.5, 0.6) is 0 Å². The first-order valence-electron chi connectivity index (χ1n) is 3.99. The Hall–Kier alpha value is 0.0300. The monoisotopic (exact) mass is 210 g/mol. The van der Waals surface area contributed by atoms with Crippen LogP contribution in [0.25, 0.3) is 0 Å².